The largest absolute Gasteiger partial charge is 0.495 e. The number of nitrogens with zero attached hydrogens (tertiary/aromatic N) is 1. The Labute approximate surface area is 220 Å². The topological polar surface area (TPSA) is 125 Å². The molecule has 39 heavy (non-hydrogen) atoms. The van der Waals surface area contributed by atoms with E-state index in [2.05, 4.69) is 20.6 Å². The molecule has 0 fully saturated rings. The highest BCUT2D eigenvalue weighted by Gasteiger charge is 2.57. The van der Waals surface area contributed by atoms with Crippen LogP contribution in [0.1, 0.15) is 28.5 Å². The zero-order chi connectivity index (χ0) is 28.2. The Morgan fingerprint density at radius 3 is 2.59 bits per heavy atom. The number of aromatic nitrogens is 2. The van der Waals surface area contributed by atoms with Crippen LogP contribution in [0.25, 0.3) is 22.2 Å². The van der Waals surface area contributed by atoms with Crippen molar-refractivity contribution in [3.63, 3.8) is 0 Å². The summed E-state index contributed by atoms with van der Waals surface area (Å²) in [6, 6.07) is 10.7. The van der Waals surface area contributed by atoms with Gasteiger partial charge in [0, 0.05) is 34.8 Å². The van der Waals surface area contributed by atoms with Crippen molar-refractivity contribution >= 4 is 22.5 Å². The highest BCUT2D eigenvalue weighted by atomic mass is 19.4. The number of ether oxygens (including phenoxy) is 1. The van der Waals surface area contributed by atoms with E-state index in [1.165, 1.54) is 31.4 Å². The number of amides is 1. The van der Waals surface area contributed by atoms with Gasteiger partial charge in [0.25, 0.3) is 5.91 Å². The number of H-pyrrole nitrogens is 1. The maximum Gasteiger partial charge on any atom is 0.424 e. The van der Waals surface area contributed by atoms with Gasteiger partial charge in [-0.25, -0.2) is 9.37 Å². The number of pyridine rings is 1. The van der Waals surface area contributed by atoms with Gasteiger partial charge in [0.05, 0.1) is 41.8 Å². The standard InChI is InChI=1S/C27H25F4N5O3/c1-25(32)12-34-23-18(25)11-20(36-22(23)14-3-5-17(28)6-4-14)26(38,27(29,30)31)13-35-24(37)16-9-15-7-8-33-21(15)19(10-16)39-2/h3-11,33-34,38H,12-13,32H2,1-2H3,(H,35,37). The molecule has 1 aliphatic rings. The molecule has 4 aromatic rings. The Hall–Kier alpha value is -4.16. The molecule has 1 aliphatic heterocycles. The molecule has 204 valence electrons. The number of fused-ring (bicyclic) bond motifs is 2. The van der Waals surface area contributed by atoms with Gasteiger partial charge >= 0.3 is 6.18 Å². The first-order valence-electron chi connectivity index (χ1n) is 11.9. The predicted octanol–water partition coefficient (Wildman–Crippen LogP) is 4.16. The molecule has 8 nitrogen and oxygen atoms in total. The number of halogens is 4. The van der Waals surface area contributed by atoms with Crippen LogP contribution in [0.5, 0.6) is 5.75 Å². The lowest BCUT2D eigenvalue weighted by Gasteiger charge is -2.31. The molecule has 5 rings (SSSR count). The number of nitrogens with two attached hydrogens (primary N) is 1. The molecule has 2 unspecified atom stereocenters. The molecule has 2 aromatic heterocycles. The maximum absolute atomic E-state index is 14.5. The Kier molecular flexibility index (Phi) is 6.27. The van der Waals surface area contributed by atoms with Crippen molar-refractivity contribution in [3.05, 3.63) is 77.4 Å². The number of methoxy groups -OCH3 is 1. The van der Waals surface area contributed by atoms with Crippen molar-refractivity contribution in [3.8, 4) is 17.0 Å². The summed E-state index contributed by atoms with van der Waals surface area (Å²) in [5, 5.41) is 17.0. The van der Waals surface area contributed by atoms with E-state index in [1.807, 2.05) is 0 Å². The second kappa shape index (κ2) is 9.24. The van der Waals surface area contributed by atoms with Crippen molar-refractivity contribution in [2.45, 2.75) is 24.2 Å². The van der Waals surface area contributed by atoms with Crippen LogP contribution < -0.4 is 21.1 Å². The van der Waals surface area contributed by atoms with Crippen LogP contribution in [-0.2, 0) is 11.1 Å². The van der Waals surface area contributed by atoms with Crippen molar-refractivity contribution < 1.29 is 32.2 Å². The zero-order valence-electron chi connectivity index (χ0n) is 20.9. The molecule has 6 N–H and O–H groups in total. The van der Waals surface area contributed by atoms with Gasteiger partial charge in [-0.2, -0.15) is 13.2 Å². The molecule has 0 bridgehead atoms. The molecule has 0 spiro atoms. The lowest BCUT2D eigenvalue weighted by atomic mass is 9.89. The monoisotopic (exact) mass is 543 g/mol. The SMILES string of the molecule is COc1cc(C(=O)NCC(O)(c2cc3c(c(-c4ccc(F)cc4)n2)NCC3(C)N)C(F)(F)F)cc2cc[nH]c12. The molecule has 2 atom stereocenters. The average Bonchev–Trinajstić information content (AvgIpc) is 3.49. The third-order valence-corrected chi connectivity index (χ3v) is 6.89. The fourth-order valence-electron chi connectivity index (χ4n) is 4.65. The maximum atomic E-state index is 14.5. The third-order valence-electron chi connectivity index (χ3n) is 6.89. The van der Waals surface area contributed by atoms with Gasteiger partial charge in [0.1, 0.15) is 11.6 Å². The van der Waals surface area contributed by atoms with Crippen molar-refractivity contribution in [2.24, 2.45) is 5.73 Å². The van der Waals surface area contributed by atoms with E-state index in [9.17, 15) is 27.5 Å². The lowest BCUT2D eigenvalue weighted by Crippen LogP contribution is -2.51. The van der Waals surface area contributed by atoms with Crippen LogP contribution in [-0.4, -0.2) is 47.4 Å². The quantitative estimate of drug-likeness (QED) is 0.233. The second-order valence-corrected chi connectivity index (χ2v) is 9.72. The molecule has 2 aromatic carbocycles. The first-order chi connectivity index (χ1) is 18.3. The van der Waals surface area contributed by atoms with Gasteiger partial charge in [-0.3, -0.25) is 4.79 Å². The number of alkyl halides is 3. The second-order valence-electron chi connectivity index (χ2n) is 9.72. The van der Waals surface area contributed by atoms with Crippen molar-refractivity contribution in [2.75, 3.05) is 25.5 Å². The van der Waals surface area contributed by atoms with Gasteiger partial charge < -0.3 is 31.2 Å². The van der Waals surface area contributed by atoms with Gasteiger partial charge in [-0.1, -0.05) is 0 Å². The van der Waals surface area contributed by atoms with E-state index in [0.29, 0.717) is 33.5 Å². The molecule has 3 heterocycles. The number of aliphatic hydroxyl groups is 1. The van der Waals surface area contributed by atoms with Gasteiger partial charge in [0.15, 0.2) is 0 Å². The Balaban J connectivity index is 1.56. The van der Waals surface area contributed by atoms with Crippen LogP contribution in [0.15, 0.2) is 54.7 Å². The van der Waals surface area contributed by atoms with Crippen molar-refractivity contribution in [1.29, 1.82) is 0 Å². The first kappa shape index (κ1) is 26.4. The molecular weight excluding hydrogens is 518 g/mol. The molecule has 0 saturated carbocycles. The fourth-order valence-corrected chi connectivity index (χ4v) is 4.65. The van der Waals surface area contributed by atoms with Gasteiger partial charge in [-0.05, 0) is 55.5 Å². The molecule has 0 saturated heterocycles. The van der Waals surface area contributed by atoms with Gasteiger partial charge in [0.2, 0.25) is 5.60 Å². The number of carbonyl (C=O) groups excluding carboxylic acids is 1. The van der Waals surface area contributed by atoms with Crippen LogP contribution in [0.4, 0.5) is 23.2 Å². The number of hydrogen-bond donors (Lipinski definition) is 5. The third kappa shape index (κ3) is 4.55. The number of aromatic amines is 1. The highest BCUT2D eigenvalue weighted by Crippen LogP contribution is 2.45. The van der Waals surface area contributed by atoms with E-state index >= 15 is 0 Å². The summed E-state index contributed by atoms with van der Waals surface area (Å²) in [5.41, 5.74) is 2.65. The van der Waals surface area contributed by atoms with E-state index in [-0.39, 0.29) is 17.8 Å². The number of rotatable bonds is 6. The molecular formula is C27H25F4N5O3. The zero-order valence-corrected chi connectivity index (χ0v) is 20.9. The minimum absolute atomic E-state index is 0.0381. The highest BCUT2D eigenvalue weighted by molar-refractivity contribution is 6.00. The Morgan fingerprint density at radius 2 is 1.92 bits per heavy atom. The average molecular weight is 544 g/mol. The lowest BCUT2D eigenvalue weighted by molar-refractivity contribution is -0.265. The predicted molar refractivity (Wildman–Crippen MR) is 137 cm³/mol. The summed E-state index contributed by atoms with van der Waals surface area (Å²) in [6.07, 6.45) is -3.60. The minimum atomic E-state index is -5.24. The molecule has 12 heteroatoms. The van der Waals surface area contributed by atoms with E-state index < -0.39 is 41.3 Å². The summed E-state index contributed by atoms with van der Waals surface area (Å²) in [5.74, 6) is -1.07. The number of nitrogens with one attached hydrogen (secondary N) is 3. The molecule has 0 aliphatic carbocycles. The number of hydrogen-bond acceptors (Lipinski definition) is 6. The van der Waals surface area contributed by atoms with Gasteiger partial charge in [-0.15, -0.1) is 0 Å². The Bertz CT molecular complexity index is 1570. The number of carbonyl (C=O) groups is 1. The van der Waals surface area contributed by atoms with Crippen LogP contribution >= 0.6 is 0 Å². The first-order valence-corrected chi connectivity index (χ1v) is 11.9. The van der Waals surface area contributed by atoms with Crippen LogP contribution in [0.3, 0.4) is 0 Å². The molecule has 0 radical (unpaired) electrons. The fraction of sp³-hybridized carbons (Fsp3) is 0.259. The summed E-state index contributed by atoms with van der Waals surface area (Å²) in [7, 11) is 1.40. The number of benzene rings is 2. The number of anilines is 1. The van der Waals surface area contributed by atoms with Crippen molar-refractivity contribution in [1.82, 2.24) is 15.3 Å². The smallest absolute Gasteiger partial charge is 0.424 e. The minimum Gasteiger partial charge on any atom is -0.495 e. The summed E-state index contributed by atoms with van der Waals surface area (Å²) < 4.78 is 62.3. The van der Waals surface area contributed by atoms with E-state index in [4.69, 9.17) is 10.5 Å². The van der Waals surface area contributed by atoms with E-state index in [1.54, 1.807) is 19.2 Å². The normalized spacial score (nSPS) is 18.4. The van der Waals surface area contributed by atoms with E-state index in [0.717, 1.165) is 18.2 Å². The van der Waals surface area contributed by atoms with Crippen LogP contribution in [0, 0.1) is 5.82 Å². The van der Waals surface area contributed by atoms with Crippen LogP contribution in [0.2, 0.25) is 0 Å². The summed E-state index contributed by atoms with van der Waals surface area (Å²) in [4.78, 5) is 20.1. The Morgan fingerprint density at radius 1 is 1.21 bits per heavy atom. The summed E-state index contributed by atoms with van der Waals surface area (Å²) in [6.45, 7) is 0.599. The summed E-state index contributed by atoms with van der Waals surface area (Å²) >= 11 is 0. The molecule has 1 amide bonds.